The first-order valence-electron chi connectivity index (χ1n) is 5.84. The predicted molar refractivity (Wildman–Crippen MR) is 77.0 cm³/mol. The molecular formula is C14H12N4S. The summed E-state index contributed by atoms with van der Waals surface area (Å²) in [6.45, 7) is 1.97. The lowest BCUT2D eigenvalue weighted by atomic mass is 10.2. The largest absolute Gasteiger partial charge is 0.397 e. The fourth-order valence-electron chi connectivity index (χ4n) is 1.76. The molecule has 0 aliphatic rings. The Morgan fingerprint density at radius 2 is 1.95 bits per heavy atom. The molecule has 5 heteroatoms. The van der Waals surface area contributed by atoms with Crippen molar-refractivity contribution < 1.29 is 0 Å². The van der Waals surface area contributed by atoms with Gasteiger partial charge in [-0.15, -0.1) is 0 Å². The van der Waals surface area contributed by atoms with E-state index in [2.05, 4.69) is 15.0 Å². The first-order chi connectivity index (χ1) is 9.24. The van der Waals surface area contributed by atoms with Crippen LogP contribution >= 0.6 is 11.8 Å². The summed E-state index contributed by atoms with van der Waals surface area (Å²) in [5, 5.41) is 2.82. The van der Waals surface area contributed by atoms with Crippen molar-refractivity contribution in [3.05, 3.63) is 48.4 Å². The number of aryl methyl sites for hydroxylation is 1. The average molecular weight is 268 g/mol. The second kappa shape index (κ2) is 4.85. The molecule has 0 saturated heterocycles. The SMILES string of the molecule is Cc1cc(Sc2ncnc3ccccc23)ncc1N. The number of para-hydroxylation sites is 1. The van der Waals surface area contributed by atoms with Crippen LogP contribution in [0.3, 0.4) is 0 Å². The third-order valence-corrected chi connectivity index (χ3v) is 3.78. The highest BCUT2D eigenvalue weighted by Gasteiger charge is 2.07. The zero-order valence-electron chi connectivity index (χ0n) is 10.4. The molecule has 0 saturated carbocycles. The van der Waals surface area contributed by atoms with Crippen molar-refractivity contribution in [2.75, 3.05) is 5.73 Å². The standard InChI is InChI=1S/C14H12N4S/c1-9-6-13(16-7-11(9)15)19-14-10-4-2-3-5-12(10)17-8-18-14/h2-8H,15H2,1H3. The van der Waals surface area contributed by atoms with Gasteiger partial charge in [0.15, 0.2) is 0 Å². The Balaban J connectivity index is 2.03. The van der Waals surface area contributed by atoms with E-state index in [1.165, 1.54) is 11.8 Å². The Bertz CT molecular complexity index is 737. The first kappa shape index (κ1) is 11.9. The highest BCUT2D eigenvalue weighted by Crippen LogP contribution is 2.30. The quantitative estimate of drug-likeness (QED) is 0.724. The fourth-order valence-corrected chi connectivity index (χ4v) is 2.68. The number of nitrogens with zero attached hydrogens (tertiary/aromatic N) is 3. The Labute approximate surface area is 115 Å². The summed E-state index contributed by atoms with van der Waals surface area (Å²) in [5.41, 5.74) is 8.44. The second-order valence-electron chi connectivity index (χ2n) is 4.18. The fraction of sp³-hybridized carbons (Fsp3) is 0.0714. The maximum Gasteiger partial charge on any atom is 0.117 e. The first-order valence-corrected chi connectivity index (χ1v) is 6.65. The van der Waals surface area contributed by atoms with Gasteiger partial charge in [0.25, 0.3) is 0 Å². The zero-order valence-corrected chi connectivity index (χ0v) is 11.2. The van der Waals surface area contributed by atoms with E-state index in [-0.39, 0.29) is 0 Å². The van der Waals surface area contributed by atoms with Crippen LogP contribution in [0.5, 0.6) is 0 Å². The molecule has 3 rings (SSSR count). The summed E-state index contributed by atoms with van der Waals surface area (Å²) in [5.74, 6) is 0. The van der Waals surface area contributed by atoms with Gasteiger partial charge >= 0.3 is 0 Å². The number of anilines is 1. The third-order valence-electron chi connectivity index (χ3n) is 2.83. The van der Waals surface area contributed by atoms with Crippen molar-refractivity contribution >= 4 is 28.4 Å². The van der Waals surface area contributed by atoms with E-state index < -0.39 is 0 Å². The van der Waals surface area contributed by atoms with Gasteiger partial charge < -0.3 is 5.73 Å². The van der Waals surface area contributed by atoms with Gasteiger partial charge in [0.2, 0.25) is 0 Å². The Hall–Kier alpha value is -2.14. The molecule has 0 atom stereocenters. The summed E-state index contributed by atoms with van der Waals surface area (Å²) in [7, 11) is 0. The number of nitrogen functional groups attached to an aromatic ring is 1. The molecule has 94 valence electrons. The number of nitrogens with two attached hydrogens (primary N) is 1. The molecule has 2 N–H and O–H groups in total. The Morgan fingerprint density at radius 1 is 1.11 bits per heavy atom. The Morgan fingerprint density at radius 3 is 2.79 bits per heavy atom. The molecule has 0 radical (unpaired) electrons. The van der Waals surface area contributed by atoms with E-state index in [9.17, 15) is 0 Å². The average Bonchev–Trinajstić information content (AvgIpc) is 2.43. The van der Waals surface area contributed by atoms with Gasteiger partial charge in [0.1, 0.15) is 16.4 Å². The molecule has 0 fully saturated rings. The summed E-state index contributed by atoms with van der Waals surface area (Å²) in [6, 6.07) is 9.91. The van der Waals surface area contributed by atoms with Crippen molar-refractivity contribution in [3.63, 3.8) is 0 Å². The van der Waals surface area contributed by atoms with E-state index >= 15 is 0 Å². The number of pyridine rings is 1. The van der Waals surface area contributed by atoms with Crippen LogP contribution in [0.15, 0.2) is 52.9 Å². The molecule has 0 amide bonds. The van der Waals surface area contributed by atoms with Crippen LogP contribution in [0.2, 0.25) is 0 Å². The minimum atomic E-state index is 0.705. The molecule has 0 aliphatic heterocycles. The summed E-state index contributed by atoms with van der Waals surface area (Å²) in [6.07, 6.45) is 3.26. The van der Waals surface area contributed by atoms with Crippen LogP contribution in [-0.2, 0) is 0 Å². The van der Waals surface area contributed by atoms with Gasteiger partial charge in [0, 0.05) is 5.39 Å². The van der Waals surface area contributed by atoms with E-state index in [0.29, 0.717) is 5.69 Å². The van der Waals surface area contributed by atoms with Crippen molar-refractivity contribution in [2.24, 2.45) is 0 Å². The molecule has 3 aromatic rings. The second-order valence-corrected chi connectivity index (χ2v) is 5.19. The van der Waals surface area contributed by atoms with Gasteiger partial charge in [-0.2, -0.15) is 0 Å². The van der Waals surface area contributed by atoms with Gasteiger partial charge in [-0.05, 0) is 36.4 Å². The van der Waals surface area contributed by atoms with Crippen LogP contribution in [0, 0.1) is 6.92 Å². The number of hydrogen-bond donors (Lipinski definition) is 1. The molecule has 0 bridgehead atoms. The number of rotatable bonds is 2. The van der Waals surface area contributed by atoms with Crippen LogP contribution in [0.25, 0.3) is 10.9 Å². The van der Waals surface area contributed by atoms with Crippen LogP contribution in [-0.4, -0.2) is 15.0 Å². The molecule has 0 aliphatic carbocycles. The van der Waals surface area contributed by atoms with Gasteiger partial charge in [0.05, 0.1) is 17.4 Å². The third kappa shape index (κ3) is 2.37. The van der Waals surface area contributed by atoms with Crippen molar-refractivity contribution in [3.8, 4) is 0 Å². The number of aromatic nitrogens is 3. The van der Waals surface area contributed by atoms with Gasteiger partial charge in [-0.3, -0.25) is 0 Å². The molecule has 2 heterocycles. The van der Waals surface area contributed by atoms with Crippen molar-refractivity contribution in [2.45, 2.75) is 17.0 Å². The Kier molecular flexibility index (Phi) is 3.05. The van der Waals surface area contributed by atoms with Crippen LogP contribution in [0.1, 0.15) is 5.56 Å². The molecule has 1 aromatic carbocycles. The summed E-state index contributed by atoms with van der Waals surface area (Å²) < 4.78 is 0. The van der Waals surface area contributed by atoms with E-state index in [0.717, 1.165) is 26.5 Å². The normalized spacial score (nSPS) is 10.8. The maximum atomic E-state index is 5.78. The smallest absolute Gasteiger partial charge is 0.117 e. The lowest BCUT2D eigenvalue weighted by Gasteiger charge is -2.05. The monoisotopic (exact) mass is 268 g/mol. The molecule has 4 nitrogen and oxygen atoms in total. The molecular weight excluding hydrogens is 256 g/mol. The highest BCUT2D eigenvalue weighted by atomic mass is 32.2. The van der Waals surface area contributed by atoms with E-state index in [1.54, 1.807) is 12.5 Å². The lowest BCUT2D eigenvalue weighted by Crippen LogP contribution is -1.92. The predicted octanol–water partition coefficient (Wildman–Crippen LogP) is 3.07. The maximum absolute atomic E-state index is 5.78. The van der Waals surface area contributed by atoms with Gasteiger partial charge in [-0.1, -0.05) is 18.2 Å². The minimum absolute atomic E-state index is 0.705. The molecule has 2 aromatic heterocycles. The van der Waals surface area contributed by atoms with Crippen LogP contribution in [0.4, 0.5) is 5.69 Å². The summed E-state index contributed by atoms with van der Waals surface area (Å²) in [4.78, 5) is 12.9. The summed E-state index contributed by atoms with van der Waals surface area (Å²) >= 11 is 1.52. The molecule has 19 heavy (non-hydrogen) atoms. The molecule has 0 unspecified atom stereocenters. The van der Waals surface area contributed by atoms with Crippen molar-refractivity contribution in [1.82, 2.24) is 15.0 Å². The number of hydrogen-bond acceptors (Lipinski definition) is 5. The minimum Gasteiger partial charge on any atom is -0.397 e. The van der Waals surface area contributed by atoms with Crippen molar-refractivity contribution in [1.29, 1.82) is 0 Å². The number of fused-ring (bicyclic) bond motifs is 1. The van der Waals surface area contributed by atoms with E-state index in [4.69, 9.17) is 5.73 Å². The topological polar surface area (TPSA) is 64.7 Å². The zero-order chi connectivity index (χ0) is 13.2. The molecule has 0 spiro atoms. The van der Waals surface area contributed by atoms with Gasteiger partial charge in [-0.25, -0.2) is 15.0 Å². The van der Waals surface area contributed by atoms with Crippen LogP contribution < -0.4 is 5.73 Å². The number of benzene rings is 1. The lowest BCUT2D eigenvalue weighted by molar-refractivity contribution is 1.07. The van der Waals surface area contributed by atoms with E-state index in [1.807, 2.05) is 37.3 Å². The highest BCUT2D eigenvalue weighted by molar-refractivity contribution is 7.99.